The number of aryl methyl sites for hydroxylation is 1. The molecular formula is C17H22OS2. The molecule has 1 atom stereocenters. The summed E-state index contributed by atoms with van der Waals surface area (Å²) < 4.78 is 0.574. The van der Waals surface area contributed by atoms with Gasteiger partial charge in [-0.25, -0.2) is 0 Å². The first-order valence-corrected chi connectivity index (χ1v) is 9.35. The number of hydrogen-bond donors (Lipinski definition) is 1. The minimum atomic E-state index is -0.262. The van der Waals surface area contributed by atoms with Crippen LogP contribution in [-0.4, -0.2) is 27.3 Å². The number of aliphatic hydroxyl groups excluding tert-OH is 1. The first kappa shape index (κ1) is 15.8. The molecule has 0 radical (unpaired) electrons. The molecule has 1 fully saturated rings. The van der Waals surface area contributed by atoms with Gasteiger partial charge in [-0.1, -0.05) is 30.3 Å². The SMILES string of the molecule is OC(CC#CCCc1ccccc1)CC1SCCCS1. The number of aliphatic hydroxyl groups is 1. The molecule has 2 rings (SSSR count). The summed E-state index contributed by atoms with van der Waals surface area (Å²) in [6, 6.07) is 10.4. The Morgan fingerprint density at radius 2 is 1.90 bits per heavy atom. The van der Waals surface area contributed by atoms with E-state index in [-0.39, 0.29) is 6.10 Å². The van der Waals surface area contributed by atoms with Gasteiger partial charge in [0.15, 0.2) is 0 Å². The van der Waals surface area contributed by atoms with Crippen molar-refractivity contribution in [1.29, 1.82) is 0 Å². The third kappa shape index (κ3) is 6.26. The largest absolute Gasteiger partial charge is 0.392 e. The highest BCUT2D eigenvalue weighted by Crippen LogP contribution is 2.33. The molecule has 108 valence electrons. The molecule has 0 bridgehead atoms. The summed E-state index contributed by atoms with van der Waals surface area (Å²) in [5, 5.41) is 9.99. The van der Waals surface area contributed by atoms with Gasteiger partial charge in [0.2, 0.25) is 0 Å². The third-order valence-electron chi connectivity index (χ3n) is 3.20. The van der Waals surface area contributed by atoms with E-state index in [2.05, 4.69) is 36.1 Å². The average molecular weight is 306 g/mol. The van der Waals surface area contributed by atoms with E-state index in [0.717, 1.165) is 19.3 Å². The highest BCUT2D eigenvalue weighted by molar-refractivity contribution is 8.17. The van der Waals surface area contributed by atoms with Crippen LogP contribution in [0.15, 0.2) is 30.3 Å². The molecule has 1 aromatic carbocycles. The van der Waals surface area contributed by atoms with E-state index in [1.165, 1.54) is 23.5 Å². The Bertz CT molecular complexity index is 429. The molecular weight excluding hydrogens is 284 g/mol. The van der Waals surface area contributed by atoms with E-state index in [1.54, 1.807) is 0 Å². The van der Waals surface area contributed by atoms with Gasteiger partial charge in [0, 0.05) is 12.8 Å². The second-order valence-electron chi connectivity index (χ2n) is 4.96. The van der Waals surface area contributed by atoms with Crippen molar-refractivity contribution in [3.05, 3.63) is 35.9 Å². The first-order valence-electron chi connectivity index (χ1n) is 7.25. The van der Waals surface area contributed by atoms with Crippen molar-refractivity contribution in [2.75, 3.05) is 11.5 Å². The summed E-state index contributed by atoms with van der Waals surface area (Å²) >= 11 is 3.97. The Labute approximate surface area is 130 Å². The predicted octanol–water partition coefficient (Wildman–Crippen LogP) is 3.96. The van der Waals surface area contributed by atoms with Gasteiger partial charge in [0.05, 0.1) is 10.7 Å². The van der Waals surface area contributed by atoms with Crippen LogP contribution in [0.4, 0.5) is 0 Å². The van der Waals surface area contributed by atoms with Crippen molar-refractivity contribution < 1.29 is 5.11 Å². The fourth-order valence-electron chi connectivity index (χ4n) is 2.11. The molecule has 1 N–H and O–H groups in total. The Morgan fingerprint density at radius 1 is 1.15 bits per heavy atom. The van der Waals surface area contributed by atoms with Crippen molar-refractivity contribution in [1.82, 2.24) is 0 Å². The third-order valence-corrected chi connectivity index (χ3v) is 6.20. The molecule has 0 amide bonds. The van der Waals surface area contributed by atoms with E-state index in [4.69, 9.17) is 0 Å². The van der Waals surface area contributed by atoms with Crippen molar-refractivity contribution in [2.45, 2.75) is 42.8 Å². The molecule has 3 heteroatoms. The highest BCUT2D eigenvalue weighted by atomic mass is 32.2. The lowest BCUT2D eigenvalue weighted by Crippen LogP contribution is -2.15. The lowest BCUT2D eigenvalue weighted by atomic mass is 10.1. The van der Waals surface area contributed by atoms with Gasteiger partial charge < -0.3 is 5.11 Å². The molecule has 20 heavy (non-hydrogen) atoms. The summed E-state index contributed by atoms with van der Waals surface area (Å²) in [7, 11) is 0. The van der Waals surface area contributed by atoms with Crippen LogP contribution in [0.1, 0.15) is 31.2 Å². The van der Waals surface area contributed by atoms with Crippen LogP contribution < -0.4 is 0 Å². The number of rotatable bonds is 5. The zero-order valence-electron chi connectivity index (χ0n) is 11.8. The Kier molecular flexibility index (Phi) is 7.43. The standard InChI is InChI=1S/C17H22OS2/c18-16(14-17-19-12-7-13-20-17)11-6-2-5-10-15-8-3-1-4-9-15/h1,3-4,8-9,16-18H,5,7,10-14H2. The van der Waals surface area contributed by atoms with E-state index >= 15 is 0 Å². The molecule has 1 aromatic rings. The zero-order valence-corrected chi connectivity index (χ0v) is 13.4. The fraction of sp³-hybridized carbons (Fsp3) is 0.529. The van der Waals surface area contributed by atoms with Crippen LogP contribution in [0.25, 0.3) is 0 Å². The average Bonchev–Trinajstić information content (AvgIpc) is 2.49. The molecule has 0 spiro atoms. The summed E-state index contributed by atoms with van der Waals surface area (Å²) in [5.74, 6) is 8.79. The number of benzene rings is 1. The van der Waals surface area contributed by atoms with Crippen LogP contribution in [-0.2, 0) is 6.42 Å². The maximum Gasteiger partial charge on any atom is 0.0668 e. The van der Waals surface area contributed by atoms with Crippen molar-refractivity contribution in [3.63, 3.8) is 0 Å². The molecule has 0 aliphatic carbocycles. The molecule has 1 unspecified atom stereocenters. The van der Waals surface area contributed by atoms with E-state index in [0.29, 0.717) is 11.0 Å². The maximum atomic E-state index is 9.99. The van der Waals surface area contributed by atoms with Crippen LogP contribution in [0.2, 0.25) is 0 Å². The Morgan fingerprint density at radius 3 is 2.65 bits per heavy atom. The zero-order chi connectivity index (χ0) is 14.0. The summed E-state index contributed by atoms with van der Waals surface area (Å²) in [4.78, 5) is 0. The maximum absolute atomic E-state index is 9.99. The van der Waals surface area contributed by atoms with Crippen molar-refractivity contribution in [2.24, 2.45) is 0 Å². The van der Waals surface area contributed by atoms with Gasteiger partial charge in [-0.2, -0.15) is 0 Å². The van der Waals surface area contributed by atoms with Gasteiger partial charge in [-0.05, 0) is 36.3 Å². The monoisotopic (exact) mass is 306 g/mol. The molecule has 1 saturated heterocycles. The minimum absolute atomic E-state index is 0.262. The Hall–Kier alpha value is -0.560. The lowest BCUT2D eigenvalue weighted by molar-refractivity contribution is 0.175. The topological polar surface area (TPSA) is 20.2 Å². The highest BCUT2D eigenvalue weighted by Gasteiger charge is 2.17. The Balaban J connectivity index is 1.61. The van der Waals surface area contributed by atoms with E-state index in [9.17, 15) is 5.11 Å². The fourth-order valence-corrected chi connectivity index (χ4v) is 5.12. The second-order valence-corrected chi connectivity index (χ2v) is 7.88. The van der Waals surface area contributed by atoms with E-state index < -0.39 is 0 Å². The van der Waals surface area contributed by atoms with Crippen LogP contribution >= 0.6 is 23.5 Å². The second kappa shape index (κ2) is 9.39. The molecule has 1 nitrogen and oxygen atoms in total. The molecule has 1 aliphatic rings. The van der Waals surface area contributed by atoms with E-state index in [1.807, 2.05) is 29.6 Å². The molecule has 0 saturated carbocycles. The molecule has 1 heterocycles. The van der Waals surface area contributed by atoms with Crippen molar-refractivity contribution in [3.8, 4) is 11.8 Å². The molecule has 1 aliphatic heterocycles. The molecule has 0 aromatic heterocycles. The van der Waals surface area contributed by atoms with Crippen LogP contribution in [0.3, 0.4) is 0 Å². The van der Waals surface area contributed by atoms with Crippen LogP contribution in [0, 0.1) is 11.8 Å². The summed E-state index contributed by atoms with van der Waals surface area (Å²) in [6.45, 7) is 0. The van der Waals surface area contributed by atoms with Gasteiger partial charge in [0.25, 0.3) is 0 Å². The van der Waals surface area contributed by atoms with Crippen LogP contribution in [0.5, 0.6) is 0 Å². The van der Waals surface area contributed by atoms with Gasteiger partial charge >= 0.3 is 0 Å². The minimum Gasteiger partial charge on any atom is -0.392 e. The van der Waals surface area contributed by atoms with Gasteiger partial charge in [-0.3, -0.25) is 0 Å². The lowest BCUT2D eigenvalue weighted by Gasteiger charge is -2.22. The smallest absolute Gasteiger partial charge is 0.0668 e. The van der Waals surface area contributed by atoms with Gasteiger partial charge in [0.1, 0.15) is 0 Å². The number of hydrogen-bond acceptors (Lipinski definition) is 3. The summed E-state index contributed by atoms with van der Waals surface area (Å²) in [5.41, 5.74) is 1.33. The first-order chi connectivity index (χ1) is 9.84. The van der Waals surface area contributed by atoms with Gasteiger partial charge in [-0.15, -0.1) is 35.4 Å². The van der Waals surface area contributed by atoms with Crippen molar-refractivity contribution >= 4 is 23.5 Å². The number of thioether (sulfide) groups is 2. The quantitative estimate of drug-likeness (QED) is 0.832. The normalized spacial score (nSPS) is 17.2. The predicted molar refractivity (Wildman–Crippen MR) is 91.1 cm³/mol. The summed E-state index contributed by atoms with van der Waals surface area (Å²) in [6.07, 6.45) is 4.42.